The van der Waals surface area contributed by atoms with E-state index in [1.54, 1.807) is 24.3 Å². The number of imidazole rings is 1. The lowest BCUT2D eigenvalue weighted by atomic mass is 10.3. The zero-order chi connectivity index (χ0) is 11.4. The van der Waals surface area contributed by atoms with Crippen molar-refractivity contribution < 1.29 is 9.53 Å². The second-order valence-electron chi connectivity index (χ2n) is 3.90. The highest BCUT2D eigenvalue weighted by molar-refractivity contribution is 5.74. The number of hydrogen-bond donors (Lipinski definition) is 2. The zero-order valence-corrected chi connectivity index (χ0v) is 9.27. The monoisotopic (exact) mass is 224 g/mol. The summed E-state index contributed by atoms with van der Waals surface area (Å²) in [6, 6.07) is 0.0541. The quantitative estimate of drug-likeness (QED) is 0.777. The molecule has 6 nitrogen and oxygen atoms in total. The molecule has 16 heavy (non-hydrogen) atoms. The molecule has 1 aromatic rings. The fraction of sp³-hybridized carbons (Fsp3) is 0.600. The highest BCUT2D eigenvalue weighted by atomic mass is 16.5. The fourth-order valence-corrected chi connectivity index (χ4v) is 1.61. The van der Waals surface area contributed by atoms with E-state index in [1.165, 1.54) is 0 Å². The van der Waals surface area contributed by atoms with Crippen LogP contribution in [0.3, 0.4) is 0 Å². The van der Waals surface area contributed by atoms with E-state index in [0.717, 1.165) is 18.9 Å². The van der Waals surface area contributed by atoms with Crippen LogP contribution in [0.2, 0.25) is 0 Å². The van der Waals surface area contributed by atoms with Crippen LogP contribution in [0.4, 0.5) is 4.79 Å². The summed E-state index contributed by atoms with van der Waals surface area (Å²) in [5, 5.41) is 2.91. The summed E-state index contributed by atoms with van der Waals surface area (Å²) in [5.41, 5.74) is 0. The summed E-state index contributed by atoms with van der Waals surface area (Å²) in [7, 11) is 1.74. The minimum atomic E-state index is -0.0908. The van der Waals surface area contributed by atoms with Crippen LogP contribution in [0.1, 0.15) is 12.2 Å². The van der Waals surface area contributed by atoms with Gasteiger partial charge in [-0.3, -0.25) is 0 Å². The predicted molar refractivity (Wildman–Crippen MR) is 57.8 cm³/mol. The lowest BCUT2D eigenvalue weighted by Gasteiger charge is -2.19. The average molecular weight is 224 g/mol. The lowest BCUT2D eigenvalue weighted by molar-refractivity contribution is 0.181. The topological polar surface area (TPSA) is 70.2 Å². The first-order valence-electron chi connectivity index (χ1n) is 5.33. The lowest BCUT2D eigenvalue weighted by Crippen LogP contribution is -2.43. The standard InChI is InChI=1S/C10H16N4O2/c1-14(6-9-11-3-4-12-9)10(15)13-8-2-5-16-7-8/h3-4,8H,2,5-7H2,1H3,(H,11,12)(H,13,15). The van der Waals surface area contributed by atoms with Crippen molar-refractivity contribution in [1.82, 2.24) is 20.2 Å². The van der Waals surface area contributed by atoms with Crippen LogP contribution in [-0.2, 0) is 11.3 Å². The van der Waals surface area contributed by atoms with Crippen molar-refractivity contribution in [1.29, 1.82) is 0 Å². The number of aromatic nitrogens is 2. The van der Waals surface area contributed by atoms with Crippen LogP contribution < -0.4 is 5.32 Å². The van der Waals surface area contributed by atoms with E-state index >= 15 is 0 Å². The zero-order valence-electron chi connectivity index (χ0n) is 9.27. The molecule has 0 aromatic carbocycles. The molecule has 1 fully saturated rings. The van der Waals surface area contributed by atoms with E-state index in [0.29, 0.717) is 13.2 Å². The first-order chi connectivity index (χ1) is 7.75. The summed E-state index contributed by atoms with van der Waals surface area (Å²) in [4.78, 5) is 20.4. The highest BCUT2D eigenvalue weighted by Gasteiger charge is 2.19. The van der Waals surface area contributed by atoms with Crippen molar-refractivity contribution in [3.63, 3.8) is 0 Å². The number of nitrogens with one attached hydrogen (secondary N) is 2. The molecule has 2 rings (SSSR count). The van der Waals surface area contributed by atoms with Crippen LogP contribution in [-0.4, -0.2) is 47.2 Å². The molecule has 6 heteroatoms. The minimum Gasteiger partial charge on any atom is -0.379 e. The van der Waals surface area contributed by atoms with Gasteiger partial charge in [-0.05, 0) is 6.42 Å². The van der Waals surface area contributed by atoms with Crippen molar-refractivity contribution in [2.24, 2.45) is 0 Å². The molecule has 0 bridgehead atoms. The van der Waals surface area contributed by atoms with E-state index in [2.05, 4.69) is 15.3 Å². The van der Waals surface area contributed by atoms with Gasteiger partial charge in [0.2, 0.25) is 0 Å². The van der Waals surface area contributed by atoms with E-state index < -0.39 is 0 Å². The summed E-state index contributed by atoms with van der Waals surface area (Å²) < 4.78 is 5.19. The van der Waals surface area contributed by atoms with Gasteiger partial charge in [0.15, 0.2) is 0 Å². The van der Waals surface area contributed by atoms with Gasteiger partial charge in [0, 0.05) is 26.0 Å². The number of aromatic amines is 1. The summed E-state index contributed by atoms with van der Waals surface area (Å²) in [6.45, 7) is 1.82. The number of rotatable bonds is 3. The van der Waals surface area contributed by atoms with E-state index in [9.17, 15) is 4.79 Å². The molecule has 0 spiro atoms. The van der Waals surface area contributed by atoms with Crippen molar-refractivity contribution in [2.45, 2.75) is 19.0 Å². The fourth-order valence-electron chi connectivity index (χ4n) is 1.61. The van der Waals surface area contributed by atoms with Gasteiger partial charge in [-0.25, -0.2) is 9.78 Å². The van der Waals surface area contributed by atoms with Gasteiger partial charge in [0.25, 0.3) is 0 Å². The number of urea groups is 1. The second kappa shape index (κ2) is 4.98. The Kier molecular flexibility index (Phi) is 3.40. The van der Waals surface area contributed by atoms with Crippen molar-refractivity contribution >= 4 is 6.03 Å². The summed E-state index contributed by atoms with van der Waals surface area (Å²) >= 11 is 0. The molecule has 0 saturated carbocycles. The Morgan fingerprint density at radius 2 is 2.69 bits per heavy atom. The highest BCUT2D eigenvalue weighted by Crippen LogP contribution is 2.04. The largest absolute Gasteiger partial charge is 0.379 e. The van der Waals surface area contributed by atoms with Gasteiger partial charge >= 0.3 is 6.03 Å². The maximum absolute atomic E-state index is 11.7. The molecule has 2 amide bonds. The third-order valence-electron chi connectivity index (χ3n) is 2.55. The molecule has 1 aliphatic rings. The summed E-state index contributed by atoms with van der Waals surface area (Å²) in [5.74, 6) is 0.778. The van der Waals surface area contributed by atoms with Gasteiger partial charge in [-0.15, -0.1) is 0 Å². The number of hydrogen-bond acceptors (Lipinski definition) is 3. The third kappa shape index (κ3) is 2.73. The van der Waals surface area contributed by atoms with E-state index in [-0.39, 0.29) is 12.1 Å². The Bertz CT molecular complexity index is 333. The van der Waals surface area contributed by atoms with Gasteiger partial charge in [-0.2, -0.15) is 0 Å². The van der Waals surface area contributed by atoms with Crippen molar-refractivity contribution in [2.75, 3.05) is 20.3 Å². The number of carbonyl (C=O) groups excluding carboxylic acids is 1. The maximum Gasteiger partial charge on any atom is 0.317 e. The van der Waals surface area contributed by atoms with Gasteiger partial charge in [-0.1, -0.05) is 0 Å². The predicted octanol–water partition coefficient (Wildman–Crippen LogP) is 0.340. The van der Waals surface area contributed by atoms with Crippen LogP contribution in [0.5, 0.6) is 0 Å². The van der Waals surface area contributed by atoms with Crippen LogP contribution in [0, 0.1) is 0 Å². The number of amides is 2. The summed E-state index contributed by atoms with van der Waals surface area (Å²) in [6.07, 6.45) is 4.30. The number of nitrogens with zero attached hydrogens (tertiary/aromatic N) is 2. The molecular weight excluding hydrogens is 208 g/mol. The Labute approximate surface area is 94.0 Å². The molecule has 0 radical (unpaired) electrons. The molecule has 1 unspecified atom stereocenters. The van der Waals surface area contributed by atoms with Crippen molar-refractivity contribution in [3.8, 4) is 0 Å². The number of H-pyrrole nitrogens is 1. The molecule has 2 heterocycles. The molecular formula is C10H16N4O2. The number of ether oxygens (including phenoxy) is 1. The van der Waals surface area contributed by atoms with Crippen LogP contribution >= 0.6 is 0 Å². The maximum atomic E-state index is 11.7. The Balaban J connectivity index is 1.79. The Hall–Kier alpha value is -1.56. The van der Waals surface area contributed by atoms with Gasteiger partial charge in [0.05, 0.1) is 19.2 Å². The smallest absolute Gasteiger partial charge is 0.317 e. The number of carbonyl (C=O) groups is 1. The molecule has 1 aliphatic heterocycles. The molecule has 1 atom stereocenters. The Morgan fingerprint density at radius 3 is 3.31 bits per heavy atom. The van der Waals surface area contributed by atoms with Crippen LogP contribution in [0.25, 0.3) is 0 Å². The molecule has 1 saturated heterocycles. The third-order valence-corrected chi connectivity index (χ3v) is 2.55. The van der Waals surface area contributed by atoms with Crippen molar-refractivity contribution in [3.05, 3.63) is 18.2 Å². The van der Waals surface area contributed by atoms with Gasteiger partial charge in [0.1, 0.15) is 5.82 Å². The Morgan fingerprint density at radius 1 is 1.81 bits per heavy atom. The second-order valence-corrected chi connectivity index (χ2v) is 3.90. The normalized spacial score (nSPS) is 19.7. The van der Waals surface area contributed by atoms with Crippen LogP contribution in [0.15, 0.2) is 12.4 Å². The first-order valence-corrected chi connectivity index (χ1v) is 5.33. The first kappa shape index (κ1) is 10.9. The molecule has 0 aliphatic carbocycles. The molecule has 2 N–H and O–H groups in total. The molecule has 1 aromatic heterocycles. The van der Waals surface area contributed by atoms with Gasteiger partial charge < -0.3 is 19.9 Å². The minimum absolute atomic E-state index is 0.0908. The van der Waals surface area contributed by atoms with E-state index in [4.69, 9.17) is 4.74 Å². The van der Waals surface area contributed by atoms with E-state index in [1.807, 2.05) is 0 Å². The SMILES string of the molecule is CN(Cc1ncc[nH]1)C(=O)NC1CCOC1. The molecule has 88 valence electrons. The average Bonchev–Trinajstić information content (AvgIpc) is 2.90.